The van der Waals surface area contributed by atoms with Crippen LogP contribution in [0.1, 0.15) is 0 Å². The third-order valence-corrected chi connectivity index (χ3v) is 3.68. The first-order valence-electron chi connectivity index (χ1n) is 6.91. The van der Waals surface area contributed by atoms with Gasteiger partial charge < -0.3 is 9.72 Å². The number of hydrogen-bond donors (Lipinski definition) is 1. The maximum atomic E-state index is 12.5. The summed E-state index contributed by atoms with van der Waals surface area (Å²) in [5, 5.41) is 0. The van der Waals surface area contributed by atoms with Crippen LogP contribution in [-0.4, -0.2) is 21.5 Å². The van der Waals surface area contributed by atoms with Crippen molar-refractivity contribution in [2.75, 3.05) is 7.11 Å². The van der Waals surface area contributed by atoms with Crippen LogP contribution in [0.4, 0.5) is 0 Å². The molecule has 108 valence electrons. The minimum Gasteiger partial charge on any atom is -0.497 e. The largest absolute Gasteiger partial charge is 0.497 e. The Kier molecular flexibility index (Phi) is 2.72. The van der Waals surface area contributed by atoms with Crippen molar-refractivity contribution in [1.29, 1.82) is 0 Å². The molecule has 0 saturated heterocycles. The van der Waals surface area contributed by atoms with Gasteiger partial charge in [-0.1, -0.05) is 24.3 Å². The quantitative estimate of drug-likeness (QED) is 0.618. The Morgan fingerprint density at radius 1 is 1.09 bits per heavy atom. The van der Waals surface area contributed by atoms with Crippen molar-refractivity contribution in [3.63, 3.8) is 0 Å². The second-order valence-electron chi connectivity index (χ2n) is 5.01. The van der Waals surface area contributed by atoms with Crippen LogP contribution in [0.25, 0.3) is 28.1 Å². The highest BCUT2D eigenvalue weighted by atomic mass is 16.5. The highest BCUT2D eigenvalue weighted by Crippen LogP contribution is 2.22. The standard InChI is InChI=1S/C17H13N3O2/c1-22-12-6-4-5-11(9-12)14-10-16(21)20-15-8-3-2-7-13(15)18-17(20)19-14/h2-10H,1H3,(H,18,19). The second kappa shape index (κ2) is 4.73. The molecule has 0 fully saturated rings. The molecule has 1 N–H and O–H groups in total. The van der Waals surface area contributed by atoms with Gasteiger partial charge in [-0.05, 0) is 24.3 Å². The molecule has 5 heteroatoms. The van der Waals surface area contributed by atoms with Gasteiger partial charge in [-0.15, -0.1) is 0 Å². The number of fused-ring (bicyclic) bond motifs is 3. The van der Waals surface area contributed by atoms with E-state index in [0.29, 0.717) is 11.5 Å². The molecule has 0 saturated carbocycles. The lowest BCUT2D eigenvalue weighted by Gasteiger charge is -2.05. The molecular weight excluding hydrogens is 278 g/mol. The van der Waals surface area contributed by atoms with E-state index in [1.165, 1.54) is 0 Å². The Labute approximate surface area is 125 Å². The molecule has 0 atom stereocenters. The zero-order valence-corrected chi connectivity index (χ0v) is 11.9. The second-order valence-corrected chi connectivity index (χ2v) is 5.01. The number of aromatic nitrogens is 3. The zero-order chi connectivity index (χ0) is 15.1. The Morgan fingerprint density at radius 2 is 1.95 bits per heavy atom. The van der Waals surface area contributed by atoms with E-state index >= 15 is 0 Å². The van der Waals surface area contributed by atoms with E-state index in [1.807, 2.05) is 48.5 Å². The average molecular weight is 291 g/mol. The SMILES string of the molecule is COc1cccc(-c2cc(=O)n3c(nc4ccccc43)[nH]2)c1. The average Bonchev–Trinajstić information content (AvgIpc) is 2.93. The van der Waals surface area contributed by atoms with E-state index in [9.17, 15) is 4.79 Å². The molecule has 2 aromatic heterocycles. The summed E-state index contributed by atoms with van der Waals surface area (Å²) in [5.74, 6) is 1.28. The molecule has 5 nitrogen and oxygen atoms in total. The van der Waals surface area contributed by atoms with Crippen LogP contribution in [0.3, 0.4) is 0 Å². The van der Waals surface area contributed by atoms with Gasteiger partial charge in [0.1, 0.15) is 5.75 Å². The van der Waals surface area contributed by atoms with Crippen LogP contribution in [-0.2, 0) is 0 Å². The maximum Gasteiger partial charge on any atom is 0.260 e. The lowest BCUT2D eigenvalue weighted by Crippen LogP contribution is -2.12. The number of para-hydroxylation sites is 2. The van der Waals surface area contributed by atoms with Crippen LogP contribution in [0, 0.1) is 0 Å². The minimum absolute atomic E-state index is 0.111. The number of rotatable bonds is 2. The smallest absolute Gasteiger partial charge is 0.260 e. The lowest BCUT2D eigenvalue weighted by atomic mass is 10.1. The van der Waals surface area contributed by atoms with Crippen molar-refractivity contribution in [2.24, 2.45) is 0 Å². The summed E-state index contributed by atoms with van der Waals surface area (Å²) in [5.41, 5.74) is 3.08. The molecule has 0 amide bonds. The van der Waals surface area contributed by atoms with E-state index in [1.54, 1.807) is 17.6 Å². The number of methoxy groups -OCH3 is 1. The first-order chi connectivity index (χ1) is 10.8. The highest BCUT2D eigenvalue weighted by molar-refractivity contribution is 5.80. The molecule has 0 bridgehead atoms. The van der Waals surface area contributed by atoms with Crippen molar-refractivity contribution in [3.05, 3.63) is 65.0 Å². The zero-order valence-electron chi connectivity index (χ0n) is 11.9. The van der Waals surface area contributed by atoms with E-state index in [2.05, 4.69) is 9.97 Å². The Bertz CT molecular complexity index is 1050. The van der Waals surface area contributed by atoms with Crippen molar-refractivity contribution in [3.8, 4) is 17.0 Å². The van der Waals surface area contributed by atoms with E-state index < -0.39 is 0 Å². The number of ether oxygens (including phenoxy) is 1. The van der Waals surface area contributed by atoms with Crippen LogP contribution in [0.2, 0.25) is 0 Å². The summed E-state index contributed by atoms with van der Waals surface area (Å²) in [6.07, 6.45) is 0. The summed E-state index contributed by atoms with van der Waals surface area (Å²) >= 11 is 0. The maximum absolute atomic E-state index is 12.5. The van der Waals surface area contributed by atoms with Gasteiger partial charge in [0.25, 0.3) is 5.56 Å². The molecule has 2 aromatic carbocycles. The van der Waals surface area contributed by atoms with Gasteiger partial charge >= 0.3 is 0 Å². The van der Waals surface area contributed by atoms with Gasteiger partial charge in [-0.25, -0.2) is 9.38 Å². The number of hydrogen-bond acceptors (Lipinski definition) is 3. The summed E-state index contributed by atoms with van der Waals surface area (Å²) in [4.78, 5) is 20.2. The summed E-state index contributed by atoms with van der Waals surface area (Å²) < 4.78 is 6.81. The Morgan fingerprint density at radius 3 is 2.82 bits per heavy atom. The van der Waals surface area contributed by atoms with Gasteiger partial charge in [-0.2, -0.15) is 0 Å². The molecule has 2 heterocycles. The van der Waals surface area contributed by atoms with Crippen molar-refractivity contribution < 1.29 is 4.74 Å². The van der Waals surface area contributed by atoms with E-state index in [4.69, 9.17) is 4.74 Å². The highest BCUT2D eigenvalue weighted by Gasteiger charge is 2.09. The number of benzene rings is 2. The number of nitrogens with zero attached hydrogens (tertiary/aromatic N) is 2. The molecule has 4 rings (SSSR count). The van der Waals surface area contributed by atoms with Crippen LogP contribution in [0.5, 0.6) is 5.75 Å². The first kappa shape index (κ1) is 12.6. The fourth-order valence-electron chi connectivity index (χ4n) is 2.62. The lowest BCUT2D eigenvalue weighted by molar-refractivity contribution is 0.415. The number of H-pyrrole nitrogens is 1. The molecule has 22 heavy (non-hydrogen) atoms. The summed E-state index contributed by atoms with van der Waals surface area (Å²) in [7, 11) is 1.62. The van der Waals surface area contributed by atoms with E-state index in [-0.39, 0.29) is 5.56 Å². The van der Waals surface area contributed by atoms with Crippen LogP contribution >= 0.6 is 0 Å². The predicted octanol–water partition coefficient (Wildman–Crippen LogP) is 2.85. The molecular formula is C17H13N3O2. The Hall–Kier alpha value is -3.08. The van der Waals surface area contributed by atoms with Gasteiger partial charge in [-0.3, -0.25) is 4.79 Å². The van der Waals surface area contributed by atoms with Gasteiger partial charge in [0, 0.05) is 11.6 Å². The van der Waals surface area contributed by atoms with Crippen LogP contribution < -0.4 is 10.3 Å². The van der Waals surface area contributed by atoms with Gasteiger partial charge in [0.2, 0.25) is 5.78 Å². The van der Waals surface area contributed by atoms with Gasteiger partial charge in [0.15, 0.2) is 0 Å². The molecule has 0 aliphatic heterocycles. The third kappa shape index (κ3) is 1.87. The normalized spacial score (nSPS) is 11.1. The monoisotopic (exact) mass is 291 g/mol. The van der Waals surface area contributed by atoms with Crippen LogP contribution in [0.15, 0.2) is 59.4 Å². The minimum atomic E-state index is -0.111. The molecule has 0 unspecified atom stereocenters. The van der Waals surface area contributed by atoms with Crippen molar-refractivity contribution in [2.45, 2.75) is 0 Å². The number of aromatic amines is 1. The third-order valence-electron chi connectivity index (χ3n) is 3.68. The fraction of sp³-hybridized carbons (Fsp3) is 0.0588. The molecule has 0 aliphatic rings. The number of nitrogens with one attached hydrogen (secondary N) is 1. The first-order valence-corrected chi connectivity index (χ1v) is 6.91. The molecule has 0 aliphatic carbocycles. The van der Waals surface area contributed by atoms with Gasteiger partial charge in [0.05, 0.1) is 23.8 Å². The Balaban J connectivity index is 2.00. The summed E-state index contributed by atoms with van der Waals surface area (Å²) in [6, 6.07) is 16.7. The molecule has 0 radical (unpaired) electrons. The van der Waals surface area contributed by atoms with Crippen molar-refractivity contribution >= 4 is 16.8 Å². The fourth-order valence-corrected chi connectivity index (χ4v) is 2.62. The van der Waals surface area contributed by atoms with E-state index in [0.717, 1.165) is 22.3 Å². The molecule has 0 spiro atoms. The van der Waals surface area contributed by atoms with Crippen molar-refractivity contribution in [1.82, 2.24) is 14.4 Å². The predicted molar refractivity (Wildman–Crippen MR) is 85.3 cm³/mol. The summed E-state index contributed by atoms with van der Waals surface area (Å²) in [6.45, 7) is 0. The topological polar surface area (TPSA) is 59.4 Å². The molecule has 4 aromatic rings. The number of imidazole rings is 1.